The average molecular weight is 269 g/mol. The molecule has 2 aromatic rings. The Morgan fingerprint density at radius 3 is 3.00 bits per heavy atom. The van der Waals surface area contributed by atoms with Gasteiger partial charge in [-0.05, 0) is 42.7 Å². The third-order valence-corrected chi connectivity index (χ3v) is 3.54. The van der Waals surface area contributed by atoms with Gasteiger partial charge in [0.2, 0.25) is 0 Å². The number of nitrogens with two attached hydrogens (primary N) is 1. The van der Waals surface area contributed by atoms with E-state index in [9.17, 15) is 0 Å². The molecule has 0 bridgehead atoms. The van der Waals surface area contributed by atoms with E-state index in [2.05, 4.69) is 28.9 Å². The number of benzene rings is 1. The van der Waals surface area contributed by atoms with Crippen molar-refractivity contribution in [1.82, 2.24) is 4.98 Å². The molecule has 0 saturated heterocycles. The fraction of sp³-hybridized carbons (Fsp3) is 0.312. The zero-order chi connectivity index (χ0) is 13.9. The van der Waals surface area contributed by atoms with E-state index < -0.39 is 0 Å². The highest BCUT2D eigenvalue weighted by Gasteiger charge is 2.19. The largest absolute Gasteiger partial charge is 0.491 e. The van der Waals surface area contributed by atoms with Crippen LogP contribution in [0.25, 0.3) is 0 Å². The Kier molecular flexibility index (Phi) is 3.56. The zero-order valence-corrected chi connectivity index (χ0v) is 11.7. The molecule has 4 nitrogen and oxygen atoms in total. The van der Waals surface area contributed by atoms with Crippen LogP contribution in [-0.2, 0) is 6.54 Å². The van der Waals surface area contributed by atoms with E-state index >= 15 is 0 Å². The van der Waals surface area contributed by atoms with Crippen molar-refractivity contribution in [2.24, 2.45) is 5.73 Å². The normalized spacial score (nSPS) is 14.4. The van der Waals surface area contributed by atoms with Gasteiger partial charge in [0.1, 0.15) is 11.6 Å². The summed E-state index contributed by atoms with van der Waals surface area (Å²) in [5, 5.41) is 0. The summed E-state index contributed by atoms with van der Waals surface area (Å²) in [6, 6.07) is 10.2. The van der Waals surface area contributed by atoms with Crippen molar-refractivity contribution in [1.29, 1.82) is 0 Å². The molecule has 0 aliphatic carbocycles. The van der Waals surface area contributed by atoms with E-state index in [-0.39, 0.29) is 0 Å². The molecule has 3 rings (SSSR count). The van der Waals surface area contributed by atoms with Gasteiger partial charge in [0.25, 0.3) is 0 Å². The Balaban J connectivity index is 2.05. The van der Waals surface area contributed by atoms with Crippen molar-refractivity contribution in [3.05, 3.63) is 47.7 Å². The van der Waals surface area contributed by atoms with Crippen molar-refractivity contribution in [3.63, 3.8) is 0 Å². The quantitative estimate of drug-likeness (QED) is 0.910. The summed E-state index contributed by atoms with van der Waals surface area (Å²) in [6.07, 6.45) is 2.84. The predicted octanol–water partition coefficient (Wildman–Crippen LogP) is 2.77. The van der Waals surface area contributed by atoms with Crippen molar-refractivity contribution in [3.8, 4) is 5.75 Å². The first-order valence-corrected chi connectivity index (χ1v) is 6.94. The summed E-state index contributed by atoms with van der Waals surface area (Å²) in [6.45, 7) is 4.25. The summed E-state index contributed by atoms with van der Waals surface area (Å²) in [5.41, 5.74) is 8.96. The second-order valence-electron chi connectivity index (χ2n) is 5.01. The van der Waals surface area contributed by atoms with Gasteiger partial charge in [0, 0.05) is 19.3 Å². The molecule has 4 heteroatoms. The minimum atomic E-state index is 0.522. The number of fused-ring (bicyclic) bond motifs is 1. The number of hydrogen-bond acceptors (Lipinski definition) is 4. The second kappa shape index (κ2) is 5.51. The number of nitrogens with zero attached hydrogens (tertiary/aromatic N) is 2. The van der Waals surface area contributed by atoms with Gasteiger partial charge in [0.15, 0.2) is 0 Å². The molecule has 0 radical (unpaired) electrons. The Morgan fingerprint density at radius 1 is 1.35 bits per heavy atom. The molecular weight excluding hydrogens is 250 g/mol. The second-order valence-corrected chi connectivity index (χ2v) is 5.01. The zero-order valence-electron chi connectivity index (χ0n) is 11.7. The Bertz CT molecular complexity index is 612. The van der Waals surface area contributed by atoms with Gasteiger partial charge < -0.3 is 15.4 Å². The lowest BCUT2D eigenvalue weighted by atomic mass is 10.1. The van der Waals surface area contributed by atoms with Gasteiger partial charge in [-0.3, -0.25) is 0 Å². The molecule has 2 N–H and O–H groups in total. The molecule has 1 aliphatic rings. The van der Waals surface area contributed by atoms with Crippen molar-refractivity contribution in [2.45, 2.75) is 19.9 Å². The maximum Gasteiger partial charge on any atom is 0.142 e. The summed E-state index contributed by atoms with van der Waals surface area (Å²) in [4.78, 5) is 6.84. The lowest BCUT2D eigenvalue weighted by molar-refractivity contribution is 0.322. The monoisotopic (exact) mass is 269 g/mol. The minimum absolute atomic E-state index is 0.522. The smallest absolute Gasteiger partial charge is 0.142 e. The highest BCUT2D eigenvalue weighted by atomic mass is 16.5. The van der Waals surface area contributed by atoms with E-state index in [0.29, 0.717) is 6.54 Å². The van der Waals surface area contributed by atoms with Crippen LogP contribution >= 0.6 is 0 Å². The fourth-order valence-electron chi connectivity index (χ4n) is 2.57. The molecule has 1 aromatic carbocycles. The van der Waals surface area contributed by atoms with Crippen LogP contribution < -0.4 is 15.4 Å². The van der Waals surface area contributed by atoms with E-state index in [1.165, 1.54) is 0 Å². The van der Waals surface area contributed by atoms with E-state index in [1.807, 2.05) is 24.4 Å². The number of para-hydroxylation sites is 2. The highest BCUT2D eigenvalue weighted by Crippen LogP contribution is 2.36. The predicted molar refractivity (Wildman–Crippen MR) is 80.4 cm³/mol. The molecule has 1 aliphatic heterocycles. The van der Waals surface area contributed by atoms with Gasteiger partial charge in [-0.1, -0.05) is 12.1 Å². The van der Waals surface area contributed by atoms with E-state index in [4.69, 9.17) is 10.5 Å². The average Bonchev–Trinajstić information content (AvgIpc) is 2.69. The number of anilines is 2. The molecule has 0 amide bonds. The maximum absolute atomic E-state index is 5.80. The number of hydrogen-bond donors (Lipinski definition) is 1. The summed E-state index contributed by atoms with van der Waals surface area (Å²) >= 11 is 0. The van der Waals surface area contributed by atoms with Crippen LogP contribution in [0.15, 0.2) is 36.5 Å². The number of aryl methyl sites for hydroxylation is 1. The first-order chi connectivity index (χ1) is 9.79. The van der Waals surface area contributed by atoms with Gasteiger partial charge >= 0.3 is 0 Å². The van der Waals surface area contributed by atoms with E-state index in [0.717, 1.165) is 48.0 Å². The Labute approximate surface area is 119 Å². The fourth-order valence-corrected chi connectivity index (χ4v) is 2.57. The molecule has 2 heterocycles. The molecule has 0 spiro atoms. The van der Waals surface area contributed by atoms with E-state index in [1.54, 1.807) is 0 Å². The summed E-state index contributed by atoms with van der Waals surface area (Å²) in [5.74, 6) is 1.91. The van der Waals surface area contributed by atoms with Crippen LogP contribution in [0.2, 0.25) is 0 Å². The highest BCUT2D eigenvalue weighted by molar-refractivity contribution is 5.69. The van der Waals surface area contributed by atoms with Crippen LogP contribution in [0.3, 0.4) is 0 Å². The maximum atomic E-state index is 5.80. The SMILES string of the molecule is Cc1cc(CN)cnc1N1CCCOc2ccccc21. The summed E-state index contributed by atoms with van der Waals surface area (Å²) in [7, 11) is 0. The van der Waals surface area contributed by atoms with Crippen LogP contribution in [0, 0.1) is 6.92 Å². The third-order valence-electron chi connectivity index (χ3n) is 3.54. The van der Waals surface area contributed by atoms with Gasteiger partial charge in [0.05, 0.1) is 12.3 Å². The Hall–Kier alpha value is -2.07. The molecule has 20 heavy (non-hydrogen) atoms. The van der Waals surface area contributed by atoms with Crippen LogP contribution in [0.4, 0.5) is 11.5 Å². The number of pyridine rings is 1. The van der Waals surface area contributed by atoms with Crippen LogP contribution in [-0.4, -0.2) is 18.1 Å². The molecular formula is C16H19N3O. The van der Waals surface area contributed by atoms with Gasteiger partial charge in [-0.25, -0.2) is 4.98 Å². The third kappa shape index (κ3) is 2.34. The number of aromatic nitrogens is 1. The molecule has 0 fully saturated rings. The molecule has 0 atom stereocenters. The molecule has 1 aromatic heterocycles. The first-order valence-electron chi connectivity index (χ1n) is 6.94. The lowest BCUT2D eigenvalue weighted by Crippen LogP contribution is -2.20. The van der Waals surface area contributed by atoms with Crippen LogP contribution in [0.1, 0.15) is 17.5 Å². The molecule has 0 unspecified atom stereocenters. The Morgan fingerprint density at radius 2 is 2.20 bits per heavy atom. The topological polar surface area (TPSA) is 51.4 Å². The minimum Gasteiger partial charge on any atom is -0.491 e. The standard InChI is InChI=1S/C16H19N3O/c1-12-9-13(10-17)11-18-16(12)19-7-4-8-20-15-6-3-2-5-14(15)19/h2-3,5-6,9,11H,4,7-8,10,17H2,1H3. The van der Waals surface area contributed by atoms with Crippen molar-refractivity contribution < 1.29 is 4.74 Å². The van der Waals surface area contributed by atoms with Gasteiger partial charge in [-0.2, -0.15) is 0 Å². The number of ether oxygens (including phenoxy) is 1. The number of rotatable bonds is 2. The lowest BCUT2D eigenvalue weighted by Gasteiger charge is -2.24. The van der Waals surface area contributed by atoms with Crippen molar-refractivity contribution >= 4 is 11.5 Å². The molecule has 104 valence electrons. The summed E-state index contributed by atoms with van der Waals surface area (Å²) < 4.78 is 5.80. The first kappa shape index (κ1) is 12.9. The molecule has 0 saturated carbocycles. The van der Waals surface area contributed by atoms with Gasteiger partial charge in [-0.15, -0.1) is 0 Å². The van der Waals surface area contributed by atoms with Crippen LogP contribution in [0.5, 0.6) is 5.75 Å². The van der Waals surface area contributed by atoms with Crippen molar-refractivity contribution in [2.75, 3.05) is 18.1 Å².